The molecule has 0 atom stereocenters. The van der Waals surface area contributed by atoms with Crippen LogP contribution in [0.5, 0.6) is 0 Å². The molecular formula is C14H22N2O2. The van der Waals surface area contributed by atoms with E-state index in [1.807, 2.05) is 7.05 Å². The van der Waals surface area contributed by atoms with Crippen molar-refractivity contribution in [2.75, 3.05) is 21.3 Å². The summed E-state index contributed by atoms with van der Waals surface area (Å²) in [5.74, 6) is 0. The lowest BCUT2D eigenvalue weighted by Gasteiger charge is -2.22. The van der Waals surface area contributed by atoms with E-state index in [0.717, 1.165) is 25.1 Å². The Morgan fingerprint density at radius 1 is 1.28 bits per heavy atom. The number of hydrogen-bond donors (Lipinski definition) is 1. The minimum atomic E-state index is -0.374. The number of hydrogen-bond acceptors (Lipinski definition) is 4. The molecule has 1 heterocycles. The van der Waals surface area contributed by atoms with Crippen LogP contribution >= 0.6 is 0 Å². The van der Waals surface area contributed by atoms with Gasteiger partial charge in [0.2, 0.25) is 6.29 Å². The van der Waals surface area contributed by atoms with Crippen LogP contribution in [-0.4, -0.2) is 26.3 Å². The molecule has 1 aliphatic rings. The maximum absolute atomic E-state index is 5.35. The third kappa shape index (κ3) is 2.71. The number of pyridine rings is 1. The van der Waals surface area contributed by atoms with Crippen molar-refractivity contribution >= 4 is 0 Å². The van der Waals surface area contributed by atoms with Gasteiger partial charge in [0.1, 0.15) is 5.69 Å². The van der Waals surface area contributed by atoms with E-state index in [9.17, 15) is 0 Å². The standard InChI is InChI=1S/C14H22N2O2/c1-15-9-11-8-10-6-4-5-7-12(10)16-13(11)14(17-2)18-3/h8,14-15H,4-7,9H2,1-3H3. The second-order valence-corrected chi connectivity index (χ2v) is 4.68. The molecule has 18 heavy (non-hydrogen) atoms. The molecule has 4 nitrogen and oxygen atoms in total. The first kappa shape index (κ1) is 13.5. The normalized spacial score (nSPS) is 14.9. The number of nitrogens with one attached hydrogen (secondary N) is 1. The summed E-state index contributed by atoms with van der Waals surface area (Å²) >= 11 is 0. The van der Waals surface area contributed by atoms with Crippen molar-refractivity contribution in [3.05, 3.63) is 28.6 Å². The summed E-state index contributed by atoms with van der Waals surface area (Å²) < 4.78 is 10.7. The van der Waals surface area contributed by atoms with Crippen LogP contribution in [0.25, 0.3) is 0 Å². The van der Waals surface area contributed by atoms with E-state index in [-0.39, 0.29) is 6.29 Å². The van der Waals surface area contributed by atoms with Gasteiger partial charge in [-0.3, -0.25) is 4.98 Å². The summed E-state index contributed by atoms with van der Waals surface area (Å²) in [5, 5.41) is 3.18. The van der Waals surface area contributed by atoms with Gasteiger partial charge in [-0.1, -0.05) is 6.07 Å². The van der Waals surface area contributed by atoms with Gasteiger partial charge in [0.25, 0.3) is 0 Å². The molecule has 0 fully saturated rings. The summed E-state index contributed by atoms with van der Waals surface area (Å²) in [4.78, 5) is 4.78. The predicted molar refractivity (Wildman–Crippen MR) is 70.4 cm³/mol. The van der Waals surface area contributed by atoms with Crippen LogP contribution in [0.15, 0.2) is 6.07 Å². The average molecular weight is 250 g/mol. The zero-order valence-electron chi connectivity index (χ0n) is 11.5. The second-order valence-electron chi connectivity index (χ2n) is 4.68. The van der Waals surface area contributed by atoms with Crippen molar-refractivity contribution in [2.45, 2.75) is 38.5 Å². The van der Waals surface area contributed by atoms with Crippen LogP contribution in [0, 0.1) is 0 Å². The SMILES string of the molecule is CNCc1cc2c(nc1C(OC)OC)CCCC2. The van der Waals surface area contributed by atoms with Gasteiger partial charge in [-0.05, 0) is 43.9 Å². The van der Waals surface area contributed by atoms with E-state index in [1.165, 1.54) is 29.7 Å². The van der Waals surface area contributed by atoms with Gasteiger partial charge in [0.05, 0.1) is 0 Å². The van der Waals surface area contributed by atoms with Gasteiger partial charge in [-0.25, -0.2) is 0 Å². The molecule has 1 N–H and O–H groups in total. The van der Waals surface area contributed by atoms with E-state index in [1.54, 1.807) is 14.2 Å². The molecule has 0 saturated heterocycles. The maximum Gasteiger partial charge on any atom is 0.200 e. The monoisotopic (exact) mass is 250 g/mol. The number of methoxy groups -OCH3 is 2. The van der Waals surface area contributed by atoms with Crippen LogP contribution in [0.4, 0.5) is 0 Å². The van der Waals surface area contributed by atoms with Crippen LogP contribution in [0.3, 0.4) is 0 Å². The highest BCUT2D eigenvalue weighted by Gasteiger charge is 2.20. The van der Waals surface area contributed by atoms with Crippen molar-refractivity contribution in [3.63, 3.8) is 0 Å². The lowest BCUT2D eigenvalue weighted by molar-refractivity contribution is -0.109. The Morgan fingerprint density at radius 2 is 2.00 bits per heavy atom. The summed E-state index contributed by atoms with van der Waals surface area (Å²) in [6.45, 7) is 0.791. The zero-order valence-corrected chi connectivity index (χ0v) is 11.5. The lowest BCUT2D eigenvalue weighted by atomic mass is 9.94. The molecule has 0 radical (unpaired) electrons. The molecule has 2 rings (SSSR count). The molecule has 0 bridgehead atoms. The van der Waals surface area contributed by atoms with Crippen molar-refractivity contribution < 1.29 is 9.47 Å². The summed E-state index contributed by atoms with van der Waals surface area (Å²) in [5.41, 5.74) is 4.69. The van der Waals surface area contributed by atoms with E-state index in [2.05, 4.69) is 11.4 Å². The number of nitrogens with zero attached hydrogens (tertiary/aromatic N) is 1. The maximum atomic E-state index is 5.35. The molecule has 0 unspecified atom stereocenters. The van der Waals surface area contributed by atoms with Crippen LogP contribution in [-0.2, 0) is 28.9 Å². The fourth-order valence-electron chi connectivity index (χ4n) is 2.55. The highest BCUT2D eigenvalue weighted by molar-refractivity contribution is 5.33. The predicted octanol–water partition coefficient (Wildman–Crippen LogP) is 1.97. The number of ether oxygens (including phenoxy) is 2. The highest BCUT2D eigenvalue weighted by atomic mass is 16.7. The third-order valence-corrected chi connectivity index (χ3v) is 3.43. The summed E-state index contributed by atoms with van der Waals surface area (Å²) in [6.07, 6.45) is 4.34. The number of aromatic nitrogens is 1. The Balaban J connectivity index is 2.41. The molecule has 1 aromatic rings. The van der Waals surface area contributed by atoms with E-state index >= 15 is 0 Å². The molecule has 0 aliphatic heterocycles. The largest absolute Gasteiger partial charge is 0.350 e. The molecule has 1 aliphatic carbocycles. The van der Waals surface area contributed by atoms with Crippen molar-refractivity contribution in [1.29, 1.82) is 0 Å². The number of rotatable bonds is 5. The van der Waals surface area contributed by atoms with Crippen LogP contribution < -0.4 is 5.32 Å². The Hall–Kier alpha value is -0.970. The third-order valence-electron chi connectivity index (χ3n) is 3.43. The molecule has 0 saturated carbocycles. The minimum absolute atomic E-state index is 0.374. The second kappa shape index (κ2) is 6.27. The molecule has 0 aromatic carbocycles. The molecule has 0 spiro atoms. The fourth-order valence-corrected chi connectivity index (χ4v) is 2.55. The van der Waals surface area contributed by atoms with E-state index in [4.69, 9.17) is 14.5 Å². The minimum Gasteiger partial charge on any atom is -0.350 e. The van der Waals surface area contributed by atoms with Crippen LogP contribution in [0.2, 0.25) is 0 Å². The number of fused-ring (bicyclic) bond motifs is 1. The number of aryl methyl sites for hydroxylation is 2. The summed E-state index contributed by atoms with van der Waals surface area (Å²) in [6, 6.07) is 2.26. The lowest BCUT2D eigenvalue weighted by Crippen LogP contribution is -2.18. The first-order valence-electron chi connectivity index (χ1n) is 6.52. The van der Waals surface area contributed by atoms with Gasteiger partial charge in [-0.2, -0.15) is 0 Å². The zero-order chi connectivity index (χ0) is 13.0. The summed E-state index contributed by atoms with van der Waals surface area (Å²) in [7, 11) is 5.24. The molecule has 100 valence electrons. The van der Waals surface area contributed by atoms with Crippen molar-refractivity contribution in [3.8, 4) is 0 Å². The Morgan fingerprint density at radius 3 is 2.67 bits per heavy atom. The quantitative estimate of drug-likeness (QED) is 0.811. The van der Waals surface area contributed by atoms with Gasteiger partial charge in [0.15, 0.2) is 0 Å². The van der Waals surface area contributed by atoms with Crippen molar-refractivity contribution in [2.24, 2.45) is 0 Å². The van der Waals surface area contributed by atoms with Gasteiger partial charge in [0, 0.05) is 26.5 Å². The Bertz CT molecular complexity index is 403. The topological polar surface area (TPSA) is 43.4 Å². The smallest absolute Gasteiger partial charge is 0.200 e. The Kier molecular flexibility index (Phi) is 4.69. The highest BCUT2D eigenvalue weighted by Crippen LogP contribution is 2.26. The first-order valence-corrected chi connectivity index (χ1v) is 6.52. The molecule has 1 aromatic heterocycles. The first-order chi connectivity index (χ1) is 8.80. The fraction of sp³-hybridized carbons (Fsp3) is 0.643. The van der Waals surface area contributed by atoms with Crippen molar-refractivity contribution in [1.82, 2.24) is 10.3 Å². The van der Waals surface area contributed by atoms with Crippen LogP contribution in [0.1, 0.15) is 41.6 Å². The molecule has 0 amide bonds. The van der Waals surface area contributed by atoms with Gasteiger partial charge < -0.3 is 14.8 Å². The van der Waals surface area contributed by atoms with E-state index in [0.29, 0.717) is 0 Å². The average Bonchev–Trinajstić information content (AvgIpc) is 2.41. The van der Waals surface area contributed by atoms with E-state index < -0.39 is 0 Å². The van der Waals surface area contributed by atoms with Gasteiger partial charge >= 0.3 is 0 Å². The van der Waals surface area contributed by atoms with Gasteiger partial charge in [-0.15, -0.1) is 0 Å². The Labute approximate surface area is 109 Å². The molecular weight excluding hydrogens is 228 g/mol. The molecule has 4 heteroatoms.